The summed E-state index contributed by atoms with van der Waals surface area (Å²) in [6, 6.07) is 3.99. The topological polar surface area (TPSA) is 75.9 Å². The highest BCUT2D eigenvalue weighted by molar-refractivity contribution is 5.92. The molecule has 0 radical (unpaired) electrons. The molecule has 0 spiro atoms. The lowest BCUT2D eigenvalue weighted by atomic mass is 9.83. The van der Waals surface area contributed by atoms with Crippen molar-refractivity contribution in [3.05, 3.63) is 36.0 Å². The van der Waals surface area contributed by atoms with Crippen molar-refractivity contribution in [2.75, 3.05) is 18.0 Å². The second-order valence-electron chi connectivity index (χ2n) is 7.06. The van der Waals surface area contributed by atoms with E-state index in [1.807, 2.05) is 7.05 Å². The van der Waals surface area contributed by atoms with Gasteiger partial charge in [0, 0.05) is 50.1 Å². The van der Waals surface area contributed by atoms with Crippen LogP contribution in [0.15, 0.2) is 24.7 Å². The van der Waals surface area contributed by atoms with E-state index in [-0.39, 0.29) is 11.9 Å². The summed E-state index contributed by atoms with van der Waals surface area (Å²) in [6.45, 7) is 1.75. The lowest BCUT2D eigenvalue weighted by Gasteiger charge is -2.34. The predicted molar refractivity (Wildman–Crippen MR) is 94.5 cm³/mol. The Kier molecular flexibility index (Phi) is 4.38. The highest BCUT2D eigenvalue weighted by Gasteiger charge is 2.25. The van der Waals surface area contributed by atoms with Gasteiger partial charge in [-0.25, -0.2) is 9.97 Å². The molecule has 0 bridgehead atoms. The summed E-state index contributed by atoms with van der Waals surface area (Å²) >= 11 is 0. The Balaban J connectivity index is 1.41. The van der Waals surface area contributed by atoms with Gasteiger partial charge in [-0.1, -0.05) is 6.42 Å². The number of piperidine rings is 1. The first-order valence-corrected chi connectivity index (χ1v) is 9.06. The summed E-state index contributed by atoms with van der Waals surface area (Å²) in [5.74, 6) is 1.48. The summed E-state index contributed by atoms with van der Waals surface area (Å²) in [7, 11) is 1.81. The van der Waals surface area contributed by atoms with E-state index < -0.39 is 0 Å². The first kappa shape index (κ1) is 16.1. The van der Waals surface area contributed by atoms with Crippen LogP contribution in [-0.2, 0) is 7.05 Å². The van der Waals surface area contributed by atoms with E-state index in [2.05, 4.69) is 31.3 Å². The van der Waals surface area contributed by atoms with Crippen LogP contribution in [0.4, 0.5) is 5.82 Å². The van der Waals surface area contributed by atoms with Crippen molar-refractivity contribution >= 4 is 11.7 Å². The van der Waals surface area contributed by atoms with Gasteiger partial charge in [0.05, 0.1) is 0 Å². The summed E-state index contributed by atoms with van der Waals surface area (Å²) in [5, 5.41) is 7.28. The minimum atomic E-state index is -0.106. The number of carbonyl (C=O) groups is 1. The average molecular weight is 340 g/mol. The molecule has 7 heteroatoms. The van der Waals surface area contributed by atoms with Gasteiger partial charge in [0.15, 0.2) is 0 Å². The number of aryl methyl sites for hydroxylation is 1. The van der Waals surface area contributed by atoms with Crippen LogP contribution < -0.4 is 10.2 Å². The SMILES string of the molecule is Cn1ccc(C(=O)NC2CCCN(c3cc(C4CCC4)ncn3)C2)n1. The Morgan fingerprint density at radius 2 is 2.12 bits per heavy atom. The number of aromatic nitrogens is 4. The molecule has 1 aliphatic heterocycles. The van der Waals surface area contributed by atoms with Crippen molar-refractivity contribution in [2.24, 2.45) is 7.05 Å². The van der Waals surface area contributed by atoms with E-state index in [9.17, 15) is 4.79 Å². The Bertz CT molecular complexity index is 754. The standard InChI is InChI=1S/C18H24N6O/c1-23-9-7-15(22-23)18(25)21-14-6-3-8-24(11-14)17-10-16(19-12-20-17)13-4-2-5-13/h7,9-10,12-14H,2-6,8,11H2,1H3,(H,21,25). The molecule has 2 fully saturated rings. The van der Waals surface area contributed by atoms with E-state index in [0.717, 1.165) is 37.4 Å². The molecule has 4 rings (SSSR count). The maximum absolute atomic E-state index is 12.3. The first-order valence-electron chi connectivity index (χ1n) is 9.06. The van der Waals surface area contributed by atoms with Crippen LogP contribution >= 0.6 is 0 Å². The number of carbonyl (C=O) groups excluding carboxylic acids is 1. The van der Waals surface area contributed by atoms with Gasteiger partial charge < -0.3 is 10.2 Å². The maximum Gasteiger partial charge on any atom is 0.272 e. The third-order valence-electron chi connectivity index (χ3n) is 5.22. The number of nitrogens with zero attached hydrogens (tertiary/aromatic N) is 5. The fourth-order valence-corrected chi connectivity index (χ4v) is 3.56. The Labute approximate surface area is 147 Å². The third-order valence-corrected chi connectivity index (χ3v) is 5.22. The number of nitrogens with one attached hydrogen (secondary N) is 1. The van der Waals surface area contributed by atoms with E-state index in [1.54, 1.807) is 23.3 Å². The van der Waals surface area contributed by atoms with Gasteiger partial charge in [-0.05, 0) is 31.7 Å². The summed E-state index contributed by atoms with van der Waals surface area (Å²) in [6.07, 6.45) is 9.25. The van der Waals surface area contributed by atoms with Crippen LogP contribution in [0.5, 0.6) is 0 Å². The zero-order valence-corrected chi connectivity index (χ0v) is 14.6. The Morgan fingerprint density at radius 1 is 1.24 bits per heavy atom. The molecule has 0 aromatic carbocycles. The monoisotopic (exact) mass is 340 g/mol. The van der Waals surface area contributed by atoms with Crippen molar-refractivity contribution in [3.8, 4) is 0 Å². The van der Waals surface area contributed by atoms with Gasteiger partial charge in [-0.15, -0.1) is 0 Å². The number of anilines is 1. The largest absolute Gasteiger partial charge is 0.354 e. The van der Waals surface area contributed by atoms with Crippen molar-refractivity contribution in [3.63, 3.8) is 0 Å². The lowest BCUT2D eigenvalue weighted by molar-refractivity contribution is 0.0927. The normalized spacial score (nSPS) is 21.0. The van der Waals surface area contributed by atoms with Gasteiger partial charge in [0.25, 0.3) is 5.91 Å². The second kappa shape index (κ2) is 6.82. The van der Waals surface area contributed by atoms with E-state index in [1.165, 1.54) is 19.3 Å². The molecule has 2 aliphatic rings. The minimum absolute atomic E-state index is 0.106. The molecule has 7 nitrogen and oxygen atoms in total. The molecular weight excluding hydrogens is 316 g/mol. The molecular formula is C18H24N6O. The van der Waals surface area contributed by atoms with Crippen LogP contribution in [-0.4, -0.2) is 44.8 Å². The highest BCUT2D eigenvalue weighted by atomic mass is 16.2. The van der Waals surface area contributed by atoms with Crippen LogP contribution in [0.3, 0.4) is 0 Å². The second-order valence-corrected chi connectivity index (χ2v) is 7.06. The summed E-state index contributed by atoms with van der Waals surface area (Å²) in [4.78, 5) is 23.5. The van der Waals surface area contributed by atoms with Crippen molar-refractivity contribution in [1.82, 2.24) is 25.1 Å². The molecule has 25 heavy (non-hydrogen) atoms. The van der Waals surface area contributed by atoms with Crippen LogP contribution in [0.2, 0.25) is 0 Å². The zero-order chi connectivity index (χ0) is 17.2. The minimum Gasteiger partial charge on any atom is -0.354 e. The van der Waals surface area contributed by atoms with Gasteiger partial charge in [-0.2, -0.15) is 5.10 Å². The summed E-state index contributed by atoms with van der Waals surface area (Å²) < 4.78 is 1.64. The van der Waals surface area contributed by atoms with Crippen molar-refractivity contribution in [1.29, 1.82) is 0 Å². The van der Waals surface area contributed by atoms with Crippen LogP contribution in [0, 0.1) is 0 Å². The quantitative estimate of drug-likeness (QED) is 0.920. The van der Waals surface area contributed by atoms with Gasteiger partial charge in [0.2, 0.25) is 0 Å². The molecule has 1 aliphatic carbocycles. The molecule has 3 heterocycles. The van der Waals surface area contributed by atoms with Crippen molar-refractivity contribution in [2.45, 2.75) is 44.1 Å². The van der Waals surface area contributed by atoms with Crippen LogP contribution in [0.1, 0.15) is 54.2 Å². The Morgan fingerprint density at radius 3 is 2.84 bits per heavy atom. The number of rotatable bonds is 4. The Hall–Kier alpha value is -2.44. The highest BCUT2D eigenvalue weighted by Crippen LogP contribution is 2.36. The molecule has 2 aromatic heterocycles. The summed E-state index contributed by atoms with van der Waals surface area (Å²) in [5.41, 5.74) is 1.63. The van der Waals surface area contributed by atoms with Crippen molar-refractivity contribution < 1.29 is 4.79 Å². The van der Waals surface area contributed by atoms with Gasteiger partial charge in [0.1, 0.15) is 17.8 Å². The average Bonchev–Trinajstić information content (AvgIpc) is 3.01. The molecule has 132 valence electrons. The molecule has 1 saturated heterocycles. The lowest BCUT2D eigenvalue weighted by Crippen LogP contribution is -2.48. The smallest absolute Gasteiger partial charge is 0.272 e. The molecule has 1 saturated carbocycles. The zero-order valence-electron chi connectivity index (χ0n) is 14.6. The predicted octanol–water partition coefficient (Wildman–Crippen LogP) is 1.88. The maximum atomic E-state index is 12.3. The van der Waals surface area contributed by atoms with Gasteiger partial charge in [-0.3, -0.25) is 9.48 Å². The van der Waals surface area contributed by atoms with Crippen LogP contribution in [0.25, 0.3) is 0 Å². The first-order chi connectivity index (χ1) is 12.2. The van der Waals surface area contributed by atoms with E-state index in [4.69, 9.17) is 0 Å². The van der Waals surface area contributed by atoms with E-state index >= 15 is 0 Å². The number of hydrogen-bond acceptors (Lipinski definition) is 5. The molecule has 1 amide bonds. The molecule has 1 atom stereocenters. The number of amides is 1. The fourth-order valence-electron chi connectivity index (χ4n) is 3.56. The molecule has 2 aromatic rings. The van der Waals surface area contributed by atoms with Gasteiger partial charge >= 0.3 is 0 Å². The molecule has 1 unspecified atom stereocenters. The number of hydrogen-bond donors (Lipinski definition) is 1. The third kappa shape index (κ3) is 3.50. The fraction of sp³-hybridized carbons (Fsp3) is 0.556. The molecule has 1 N–H and O–H groups in total. The van der Waals surface area contributed by atoms with E-state index in [0.29, 0.717) is 11.6 Å².